The number of imidazole rings is 1. The lowest BCUT2D eigenvalue weighted by Crippen LogP contribution is -2.38. The quantitative estimate of drug-likeness (QED) is 0.301. The molecule has 1 aliphatic carbocycles. The van der Waals surface area contributed by atoms with Crippen molar-refractivity contribution in [3.63, 3.8) is 0 Å². The van der Waals surface area contributed by atoms with Gasteiger partial charge in [-0.15, -0.1) is 24.0 Å². The van der Waals surface area contributed by atoms with Crippen LogP contribution in [0.4, 0.5) is 0 Å². The van der Waals surface area contributed by atoms with Crippen molar-refractivity contribution < 1.29 is 0 Å². The molecule has 0 bridgehead atoms. The van der Waals surface area contributed by atoms with Crippen LogP contribution in [0.3, 0.4) is 0 Å². The molecule has 1 heterocycles. The summed E-state index contributed by atoms with van der Waals surface area (Å²) in [5, 5.41) is 6.94. The summed E-state index contributed by atoms with van der Waals surface area (Å²) in [7, 11) is 1.83. The van der Waals surface area contributed by atoms with Gasteiger partial charge >= 0.3 is 0 Å². The monoisotopic (exact) mass is 501 g/mol. The Hall–Kier alpha value is -2.35. The van der Waals surface area contributed by atoms with E-state index in [-0.39, 0.29) is 24.0 Å². The van der Waals surface area contributed by atoms with Crippen molar-refractivity contribution in [3.8, 4) is 11.1 Å². The van der Waals surface area contributed by atoms with Crippen LogP contribution < -0.4 is 10.6 Å². The third-order valence-corrected chi connectivity index (χ3v) is 5.31. The van der Waals surface area contributed by atoms with Gasteiger partial charge in [-0.05, 0) is 34.6 Å². The zero-order valence-electron chi connectivity index (χ0n) is 16.9. The third kappa shape index (κ3) is 5.59. The van der Waals surface area contributed by atoms with Gasteiger partial charge in [0.15, 0.2) is 5.96 Å². The molecular weight excluding hydrogens is 473 g/mol. The first-order valence-corrected chi connectivity index (χ1v) is 9.83. The minimum absolute atomic E-state index is 0. The first-order chi connectivity index (χ1) is 13.7. The molecule has 2 aromatic carbocycles. The number of hydrogen-bond donors (Lipinski definition) is 2. The maximum Gasteiger partial charge on any atom is 0.191 e. The van der Waals surface area contributed by atoms with E-state index in [9.17, 15) is 0 Å². The van der Waals surface area contributed by atoms with Crippen LogP contribution in [0.5, 0.6) is 0 Å². The number of nitrogens with one attached hydrogen (secondary N) is 2. The maximum atomic E-state index is 4.35. The van der Waals surface area contributed by atoms with Crippen LogP contribution in [0.1, 0.15) is 24.5 Å². The van der Waals surface area contributed by atoms with Crippen molar-refractivity contribution in [1.29, 1.82) is 0 Å². The van der Waals surface area contributed by atoms with E-state index in [1.807, 2.05) is 25.8 Å². The van der Waals surface area contributed by atoms with Gasteiger partial charge in [-0.1, -0.05) is 55.5 Å². The molecule has 3 aromatic rings. The highest BCUT2D eigenvalue weighted by Crippen LogP contribution is 2.29. The Morgan fingerprint density at radius 3 is 2.59 bits per heavy atom. The predicted octanol–water partition coefficient (Wildman–Crippen LogP) is 4.29. The summed E-state index contributed by atoms with van der Waals surface area (Å²) >= 11 is 0. The lowest BCUT2D eigenvalue weighted by molar-refractivity contribution is 0.764. The van der Waals surface area contributed by atoms with Gasteiger partial charge in [-0.2, -0.15) is 0 Å². The van der Waals surface area contributed by atoms with Crippen LogP contribution in [0, 0.1) is 5.92 Å². The molecular formula is C23H28IN5. The Kier molecular flexibility index (Phi) is 7.30. The summed E-state index contributed by atoms with van der Waals surface area (Å²) in [5.74, 6) is 1.62. The number of aliphatic imine (C=N–C) groups is 1. The summed E-state index contributed by atoms with van der Waals surface area (Å²) in [6, 6.07) is 17.9. The van der Waals surface area contributed by atoms with E-state index in [1.54, 1.807) is 0 Å². The van der Waals surface area contributed by atoms with E-state index in [0.29, 0.717) is 6.04 Å². The smallest absolute Gasteiger partial charge is 0.191 e. The van der Waals surface area contributed by atoms with Crippen molar-refractivity contribution in [2.45, 2.75) is 32.5 Å². The van der Waals surface area contributed by atoms with E-state index in [1.165, 1.54) is 28.7 Å². The van der Waals surface area contributed by atoms with E-state index in [0.717, 1.165) is 25.0 Å². The van der Waals surface area contributed by atoms with Crippen molar-refractivity contribution in [3.05, 3.63) is 78.4 Å². The highest BCUT2D eigenvalue weighted by Gasteiger charge is 2.33. The molecule has 5 nitrogen and oxygen atoms in total. The first-order valence-electron chi connectivity index (χ1n) is 9.83. The van der Waals surface area contributed by atoms with E-state index >= 15 is 0 Å². The standard InChI is InChI=1S/C23H27N5.HI/c1-17-13-22(17)27-23(24-2)26-14-20-5-3-4-6-21(20)19-9-7-18(8-10-19)15-28-12-11-25-16-28;/h3-12,16-17,22H,13-15H2,1-2H3,(H2,24,26,27);1H. The molecule has 4 rings (SSSR count). The van der Waals surface area contributed by atoms with Crippen LogP contribution in [-0.2, 0) is 13.1 Å². The van der Waals surface area contributed by atoms with Gasteiger partial charge in [0, 0.05) is 38.6 Å². The predicted molar refractivity (Wildman–Crippen MR) is 130 cm³/mol. The van der Waals surface area contributed by atoms with Crippen molar-refractivity contribution >= 4 is 29.9 Å². The molecule has 0 amide bonds. The number of hydrogen-bond acceptors (Lipinski definition) is 2. The molecule has 6 heteroatoms. The largest absolute Gasteiger partial charge is 0.353 e. The molecule has 1 fully saturated rings. The second-order valence-electron chi connectivity index (χ2n) is 7.48. The maximum absolute atomic E-state index is 4.35. The fourth-order valence-electron chi connectivity index (χ4n) is 3.41. The number of nitrogens with zero attached hydrogens (tertiary/aromatic N) is 3. The van der Waals surface area contributed by atoms with Gasteiger partial charge in [-0.3, -0.25) is 4.99 Å². The Morgan fingerprint density at radius 1 is 1.17 bits per heavy atom. The van der Waals surface area contributed by atoms with Gasteiger partial charge < -0.3 is 15.2 Å². The van der Waals surface area contributed by atoms with Crippen LogP contribution >= 0.6 is 24.0 Å². The zero-order valence-corrected chi connectivity index (χ0v) is 19.2. The second-order valence-corrected chi connectivity index (χ2v) is 7.48. The number of guanidine groups is 1. The highest BCUT2D eigenvalue weighted by atomic mass is 127. The fourth-order valence-corrected chi connectivity index (χ4v) is 3.41. The van der Waals surface area contributed by atoms with Gasteiger partial charge in [0.05, 0.1) is 6.33 Å². The molecule has 29 heavy (non-hydrogen) atoms. The second kappa shape index (κ2) is 9.91. The summed E-state index contributed by atoms with van der Waals surface area (Å²) in [4.78, 5) is 8.46. The lowest BCUT2D eigenvalue weighted by Gasteiger charge is -2.14. The number of rotatable bonds is 6. The van der Waals surface area contributed by atoms with Gasteiger partial charge in [-0.25, -0.2) is 4.98 Å². The summed E-state index contributed by atoms with van der Waals surface area (Å²) < 4.78 is 2.08. The van der Waals surface area contributed by atoms with Crippen LogP contribution in [-0.4, -0.2) is 28.6 Å². The number of benzene rings is 2. The lowest BCUT2D eigenvalue weighted by atomic mass is 9.98. The molecule has 0 saturated heterocycles. The van der Waals surface area contributed by atoms with Crippen LogP contribution in [0.25, 0.3) is 11.1 Å². The van der Waals surface area contributed by atoms with E-state index in [4.69, 9.17) is 0 Å². The minimum Gasteiger partial charge on any atom is -0.353 e. The normalized spacial score (nSPS) is 18.1. The van der Waals surface area contributed by atoms with Crippen molar-refractivity contribution in [2.24, 2.45) is 10.9 Å². The van der Waals surface area contributed by atoms with Gasteiger partial charge in [0.25, 0.3) is 0 Å². The zero-order chi connectivity index (χ0) is 19.3. The molecule has 1 saturated carbocycles. The average molecular weight is 501 g/mol. The van der Waals surface area contributed by atoms with Crippen molar-refractivity contribution in [2.75, 3.05) is 7.05 Å². The van der Waals surface area contributed by atoms with Crippen LogP contribution in [0.2, 0.25) is 0 Å². The van der Waals surface area contributed by atoms with E-state index in [2.05, 4.69) is 80.6 Å². The molecule has 0 aliphatic heterocycles. The number of halogens is 1. The Morgan fingerprint density at radius 2 is 1.93 bits per heavy atom. The molecule has 0 spiro atoms. The highest BCUT2D eigenvalue weighted by molar-refractivity contribution is 14.0. The summed E-state index contributed by atoms with van der Waals surface area (Å²) in [6.45, 7) is 3.84. The SMILES string of the molecule is CN=C(NCc1ccccc1-c1ccc(Cn2ccnc2)cc1)NC1CC1C.I. The Bertz CT molecular complexity index is 934. The average Bonchev–Trinajstić information content (AvgIpc) is 3.18. The van der Waals surface area contributed by atoms with Gasteiger partial charge in [0.1, 0.15) is 0 Å². The van der Waals surface area contributed by atoms with Crippen LogP contribution in [0.15, 0.2) is 72.2 Å². The van der Waals surface area contributed by atoms with Crippen molar-refractivity contribution in [1.82, 2.24) is 20.2 Å². The van der Waals surface area contributed by atoms with Gasteiger partial charge in [0.2, 0.25) is 0 Å². The third-order valence-electron chi connectivity index (χ3n) is 5.31. The fraction of sp³-hybridized carbons (Fsp3) is 0.304. The molecule has 2 N–H and O–H groups in total. The Labute approximate surface area is 189 Å². The topological polar surface area (TPSA) is 54.2 Å². The molecule has 152 valence electrons. The summed E-state index contributed by atoms with van der Waals surface area (Å²) in [6.07, 6.45) is 6.86. The molecule has 2 atom stereocenters. The number of aromatic nitrogens is 2. The summed E-state index contributed by atoms with van der Waals surface area (Å²) in [5.41, 5.74) is 5.00. The van der Waals surface area contributed by atoms with E-state index < -0.39 is 0 Å². The molecule has 0 radical (unpaired) electrons. The molecule has 1 aliphatic rings. The molecule has 1 aromatic heterocycles. The molecule has 2 unspecified atom stereocenters. The minimum atomic E-state index is 0. The Balaban J connectivity index is 0.00000240. The first kappa shape index (κ1) is 21.4.